The van der Waals surface area contributed by atoms with Crippen molar-refractivity contribution in [3.63, 3.8) is 0 Å². The SMILES string of the molecule is COCCOCCOCCN(S(=O)(=O)C(F)(F)F)S(=O)(=O)C(F)(F)F. The fraction of sp³-hybridized carbons (Fsp3) is 1.00. The Morgan fingerprint density at radius 1 is 0.720 bits per heavy atom. The molecule has 0 amide bonds. The van der Waals surface area contributed by atoms with Gasteiger partial charge < -0.3 is 14.2 Å². The average Bonchev–Trinajstić information content (AvgIpc) is 2.42. The Hall–Kier alpha value is -0.680. The second kappa shape index (κ2) is 9.31. The number of ether oxygens (including phenoxy) is 3. The topological polar surface area (TPSA) is 99.2 Å². The van der Waals surface area contributed by atoms with Gasteiger partial charge in [0.1, 0.15) is 0 Å². The molecule has 0 saturated carbocycles. The highest BCUT2D eigenvalue weighted by atomic mass is 32.3. The second-order valence-electron chi connectivity index (χ2n) is 4.12. The zero-order valence-corrected chi connectivity index (χ0v) is 14.3. The zero-order chi connectivity index (χ0) is 19.9. The van der Waals surface area contributed by atoms with Crippen molar-refractivity contribution >= 4 is 20.0 Å². The van der Waals surface area contributed by atoms with E-state index in [0.717, 1.165) is 0 Å². The summed E-state index contributed by atoms with van der Waals surface area (Å²) in [6, 6.07) is 0. The molecule has 0 spiro atoms. The van der Waals surface area contributed by atoms with Crippen LogP contribution in [0.4, 0.5) is 26.3 Å². The van der Waals surface area contributed by atoms with Crippen LogP contribution in [0.3, 0.4) is 0 Å². The van der Waals surface area contributed by atoms with Gasteiger partial charge in [-0.2, -0.15) is 26.3 Å². The van der Waals surface area contributed by atoms with E-state index in [9.17, 15) is 43.2 Å². The van der Waals surface area contributed by atoms with Gasteiger partial charge in [-0.15, -0.1) is 0 Å². The lowest BCUT2D eigenvalue weighted by atomic mass is 10.7. The van der Waals surface area contributed by atoms with E-state index in [4.69, 9.17) is 4.74 Å². The Balaban J connectivity index is 4.99. The second-order valence-corrected chi connectivity index (χ2v) is 8.05. The molecule has 8 nitrogen and oxygen atoms in total. The van der Waals surface area contributed by atoms with Gasteiger partial charge in [0, 0.05) is 7.11 Å². The molecule has 0 atom stereocenters. The molecule has 0 radical (unpaired) electrons. The van der Waals surface area contributed by atoms with Crippen LogP contribution in [-0.2, 0) is 34.3 Å². The highest BCUT2D eigenvalue weighted by Crippen LogP contribution is 2.34. The van der Waals surface area contributed by atoms with Gasteiger partial charge in [-0.3, -0.25) is 0 Å². The smallest absolute Gasteiger partial charge is 0.382 e. The lowest BCUT2D eigenvalue weighted by Crippen LogP contribution is -2.50. The summed E-state index contributed by atoms with van der Waals surface area (Å²) in [6.07, 6.45) is 0. The quantitative estimate of drug-likeness (QED) is 0.353. The number of alkyl halides is 6. The predicted molar refractivity (Wildman–Crippen MR) is 70.2 cm³/mol. The van der Waals surface area contributed by atoms with Crippen LogP contribution < -0.4 is 0 Å². The third-order valence-electron chi connectivity index (χ3n) is 2.34. The largest absolute Gasteiger partial charge is 0.512 e. The summed E-state index contributed by atoms with van der Waals surface area (Å²) >= 11 is 0. The molecule has 0 heterocycles. The fourth-order valence-electron chi connectivity index (χ4n) is 1.20. The normalized spacial score (nSPS) is 14.2. The molecular weight excluding hydrogens is 412 g/mol. The first-order chi connectivity index (χ1) is 11.2. The van der Waals surface area contributed by atoms with Crippen molar-refractivity contribution in [2.75, 3.05) is 46.7 Å². The standard InChI is InChI=1S/C9H15F6NO7S2/c1-21-4-5-23-7-6-22-3-2-16(24(17,18)8(10,11)12)25(19,20)9(13,14)15/h2-7H2,1H3. The van der Waals surface area contributed by atoms with Crippen LogP contribution in [0.25, 0.3) is 0 Å². The van der Waals surface area contributed by atoms with Crippen molar-refractivity contribution in [3.8, 4) is 0 Å². The third-order valence-corrected chi connectivity index (χ3v) is 6.13. The molecule has 0 aliphatic rings. The van der Waals surface area contributed by atoms with E-state index in [2.05, 4.69) is 9.47 Å². The zero-order valence-electron chi connectivity index (χ0n) is 12.6. The molecule has 0 aromatic heterocycles. The molecule has 0 rings (SSSR count). The Labute approximate surface area is 139 Å². The minimum absolute atomic E-state index is 0.124. The number of nitrogens with zero attached hydrogens (tertiary/aromatic N) is 1. The van der Waals surface area contributed by atoms with Crippen LogP contribution in [0.15, 0.2) is 0 Å². The first kappa shape index (κ1) is 24.3. The summed E-state index contributed by atoms with van der Waals surface area (Å²) in [7, 11) is -12.2. The minimum Gasteiger partial charge on any atom is -0.382 e. The molecule has 0 aliphatic carbocycles. The van der Waals surface area contributed by atoms with Gasteiger partial charge in [0.2, 0.25) is 0 Å². The average molecular weight is 427 g/mol. The molecule has 0 N–H and O–H groups in total. The van der Waals surface area contributed by atoms with E-state index in [0.29, 0.717) is 0 Å². The van der Waals surface area contributed by atoms with Gasteiger partial charge in [-0.25, -0.2) is 16.8 Å². The van der Waals surface area contributed by atoms with Crippen molar-refractivity contribution in [2.45, 2.75) is 11.0 Å². The number of hydrogen-bond donors (Lipinski definition) is 0. The van der Waals surface area contributed by atoms with Crippen molar-refractivity contribution < 1.29 is 57.4 Å². The molecule has 0 saturated heterocycles. The summed E-state index contributed by atoms with van der Waals surface area (Å²) in [5.74, 6) is 0. The van der Waals surface area contributed by atoms with Crippen molar-refractivity contribution in [3.05, 3.63) is 0 Å². The number of halogens is 6. The maximum Gasteiger partial charge on any atom is 0.512 e. The fourth-order valence-corrected chi connectivity index (χ4v) is 3.84. The third kappa shape index (κ3) is 6.86. The van der Waals surface area contributed by atoms with Crippen LogP contribution in [0.1, 0.15) is 0 Å². The van der Waals surface area contributed by atoms with Crippen molar-refractivity contribution in [2.24, 2.45) is 0 Å². The van der Waals surface area contributed by atoms with E-state index in [1.165, 1.54) is 7.11 Å². The molecule has 0 aliphatic heterocycles. The van der Waals surface area contributed by atoms with Crippen molar-refractivity contribution in [1.29, 1.82) is 0 Å². The predicted octanol–water partition coefficient (Wildman–Crippen LogP) is 0.667. The number of hydrogen-bond acceptors (Lipinski definition) is 7. The van der Waals surface area contributed by atoms with Gasteiger partial charge in [0.25, 0.3) is 0 Å². The molecular formula is C9H15F6NO7S2. The Kier molecular flexibility index (Phi) is 9.06. The van der Waals surface area contributed by atoms with Crippen LogP contribution >= 0.6 is 0 Å². The van der Waals surface area contributed by atoms with Crippen molar-refractivity contribution in [1.82, 2.24) is 3.71 Å². The molecule has 0 bridgehead atoms. The molecule has 0 fully saturated rings. The maximum atomic E-state index is 12.4. The van der Waals surface area contributed by atoms with Gasteiger partial charge >= 0.3 is 31.1 Å². The van der Waals surface area contributed by atoms with Gasteiger partial charge in [-0.1, -0.05) is 3.71 Å². The summed E-state index contributed by atoms with van der Waals surface area (Å²) in [5, 5.41) is 0. The first-order valence-corrected chi connectivity index (χ1v) is 9.12. The van der Waals surface area contributed by atoms with Crippen LogP contribution in [0.5, 0.6) is 0 Å². The number of methoxy groups -OCH3 is 1. The highest BCUT2D eigenvalue weighted by molar-refractivity contribution is 8.04. The van der Waals surface area contributed by atoms with Crippen LogP contribution in [0, 0.1) is 0 Å². The van der Waals surface area contributed by atoms with E-state index < -0.39 is 47.9 Å². The van der Waals surface area contributed by atoms with E-state index in [-0.39, 0.29) is 26.4 Å². The molecule has 0 aromatic rings. The highest BCUT2D eigenvalue weighted by Gasteiger charge is 2.61. The molecule has 16 heteroatoms. The summed E-state index contributed by atoms with van der Waals surface area (Å²) in [6.45, 7) is -2.84. The van der Waals surface area contributed by atoms with Crippen LogP contribution in [0.2, 0.25) is 0 Å². The van der Waals surface area contributed by atoms with Gasteiger partial charge in [0.05, 0.1) is 39.6 Å². The lowest BCUT2D eigenvalue weighted by Gasteiger charge is -2.23. The molecule has 25 heavy (non-hydrogen) atoms. The first-order valence-electron chi connectivity index (χ1n) is 6.24. The van der Waals surface area contributed by atoms with E-state index in [1.807, 2.05) is 0 Å². The molecule has 152 valence electrons. The van der Waals surface area contributed by atoms with E-state index in [1.54, 1.807) is 0 Å². The molecule has 0 unspecified atom stereocenters. The number of sulfonamides is 2. The Morgan fingerprint density at radius 2 is 1.08 bits per heavy atom. The Morgan fingerprint density at radius 3 is 1.44 bits per heavy atom. The Bertz CT molecular complexity index is 557. The monoisotopic (exact) mass is 427 g/mol. The van der Waals surface area contributed by atoms with E-state index >= 15 is 0 Å². The minimum atomic E-state index is -6.79. The van der Waals surface area contributed by atoms with Gasteiger partial charge in [0.15, 0.2) is 0 Å². The summed E-state index contributed by atoms with van der Waals surface area (Å²) < 4.78 is 131. The summed E-state index contributed by atoms with van der Waals surface area (Å²) in [5.41, 5.74) is -12.5. The number of rotatable bonds is 11. The maximum absolute atomic E-state index is 12.4. The molecule has 0 aromatic carbocycles. The lowest BCUT2D eigenvalue weighted by molar-refractivity contribution is -0.0539. The van der Waals surface area contributed by atoms with Crippen LogP contribution in [-0.4, -0.2) is 78.3 Å². The van der Waals surface area contributed by atoms with Gasteiger partial charge in [-0.05, 0) is 0 Å². The summed E-state index contributed by atoms with van der Waals surface area (Å²) in [4.78, 5) is 0.